The van der Waals surface area contributed by atoms with Crippen molar-refractivity contribution in [3.05, 3.63) is 71.3 Å². The Morgan fingerprint density at radius 2 is 1.68 bits per heavy atom. The first kappa shape index (κ1) is 14.3. The van der Waals surface area contributed by atoms with E-state index in [0.717, 1.165) is 11.9 Å². The lowest BCUT2D eigenvalue weighted by Crippen LogP contribution is -2.09. The molecule has 0 heterocycles. The van der Waals surface area contributed by atoms with Gasteiger partial charge in [-0.1, -0.05) is 76.1 Å². The van der Waals surface area contributed by atoms with Crippen molar-refractivity contribution < 1.29 is 4.74 Å². The Bertz CT molecular complexity index is 478. The molecule has 0 aliphatic heterocycles. The molecule has 1 unspecified atom stereocenters. The zero-order valence-corrected chi connectivity index (χ0v) is 12.8. The Morgan fingerprint density at radius 3 is 2.32 bits per heavy atom. The van der Waals surface area contributed by atoms with E-state index in [1.165, 1.54) is 16.7 Å². The van der Waals surface area contributed by atoms with Gasteiger partial charge in [-0.2, -0.15) is 0 Å². The van der Waals surface area contributed by atoms with E-state index in [0.29, 0.717) is 12.5 Å². The average molecular weight is 319 g/mol. The normalized spacial score (nSPS) is 12.3. The maximum absolute atomic E-state index is 5.83. The van der Waals surface area contributed by atoms with Crippen LogP contribution in [-0.2, 0) is 11.3 Å². The van der Waals surface area contributed by atoms with Crippen LogP contribution in [0.5, 0.6) is 0 Å². The lowest BCUT2D eigenvalue weighted by Gasteiger charge is -2.15. The standard InChI is InChI=1S/C17H19BrO/c1-14-7-9-16(10-8-14)17(11-18)13-19-12-15-5-3-2-4-6-15/h2-10,17H,11-13H2,1H3. The molecule has 0 aliphatic carbocycles. The lowest BCUT2D eigenvalue weighted by atomic mass is 10.0. The van der Waals surface area contributed by atoms with Crippen LogP contribution < -0.4 is 0 Å². The smallest absolute Gasteiger partial charge is 0.0717 e. The van der Waals surface area contributed by atoms with Gasteiger partial charge in [0, 0.05) is 11.2 Å². The minimum absolute atomic E-state index is 0.407. The van der Waals surface area contributed by atoms with Crippen LogP contribution in [0.2, 0.25) is 0 Å². The number of aryl methyl sites for hydroxylation is 1. The second-order valence-corrected chi connectivity index (χ2v) is 5.41. The van der Waals surface area contributed by atoms with Gasteiger partial charge < -0.3 is 4.74 Å². The number of rotatable bonds is 6. The van der Waals surface area contributed by atoms with Gasteiger partial charge in [0.1, 0.15) is 0 Å². The molecule has 2 rings (SSSR count). The van der Waals surface area contributed by atoms with Gasteiger partial charge in [-0.15, -0.1) is 0 Å². The van der Waals surface area contributed by atoms with E-state index >= 15 is 0 Å². The van der Waals surface area contributed by atoms with Gasteiger partial charge >= 0.3 is 0 Å². The summed E-state index contributed by atoms with van der Waals surface area (Å²) in [6.07, 6.45) is 0. The molecule has 2 heteroatoms. The van der Waals surface area contributed by atoms with Crippen molar-refractivity contribution in [2.75, 3.05) is 11.9 Å². The first-order valence-corrected chi connectivity index (χ1v) is 7.66. The monoisotopic (exact) mass is 318 g/mol. The summed E-state index contributed by atoms with van der Waals surface area (Å²) in [7, 11) is 0. The molecule has 0 aromatic heterocycles. The molecule has 1 nitrogen and oxygen atoms in total. The summed E-state index contributed by atoms with van der Waals surface area (Å²) >= 11 is 3.58. The highest BCUT2D eigenvalue weighted by molar-refractivity contribution is 9.09. The lowest BCUT2D eigenvalue weighted by molar-refractivity contribution is 0.111. The van der Waals surface area contributed by atoms with E-state index in [-0.39, 0.29) is 0 Å². The molecule has 2 aromatic carbocycles. The number of hydrogen-bond acceptors (Lipinski definition) is 1. The predicted octanol–water partition coefficient (Wildman–Crippen LogP) is 4.69. The zero-order chi connectivity index (χ0) is 13.5. The Morgan fingerprint density at radius 1 is 1.00 bits per heavy atom. The van der Waals surface area contributed by atoms with Crippen molar-refractivity contribution in [3.63, 3.8) is 0 Å². The van der Waals surface area contributed by atoms with Crippen molar-refractivity contribution in [3.8, 4) is 0 Å². The van der Waals surface area contributed by atoms with Crippen molar-refractivity contribution in [1.29, 1.82) is 0 Å². The molecule has 0 saturated carbocycles. The van der Waals surface area contributed by atoms with E-state index in [9.17, 15) is 0 Å². The summed E-state index contributed by atoms with van der Waals surface area (Å²) < 4.78 is 5.83. The Hall–Kier alpha value is -1.12. The topological polar surface area (TPSA) is 9.23 Å². The van der Waals surface area contributed by atoms with Crippen LogP contribution in [0, 0.1) is 6.92 Å². The summed E-state index contributed by atoms with van der Waals surface area (Å²) in [5, 5.41) is 0.921. The van der Waals surface area contributed by atoms with Crippen LogP contribution in [-0.4, -0.2) is 11.9 Å². The quantitative estimate of drug-likeness (QED) is 0.702. The number of ether oxygens (including phenoxy) is 1. The summed E-state index contributed by atoms with van der Waals surface area (Å²) in [5.74, 6) is 0.407. The molecule has 100 valence electrons. The molecular weight excluding hydrogens is 300 g/mol. The Balaban J connectivity index is 1.87. The summed E-state index contributed by atoms with van der Waals surface area (Å²) in [5.41, 5.74) is 3.84. The highest BCUT2D eigenvalue weighted by Crippen LogP contribution is 2.19. The molecule has 0 aliphatic rings. The zero-order valence-electron chi connectivity index (χ0n) is 11.2. The van der Waals surface area contributed by atoms with E-state index in [2.05, 4.69) is 59.3 Å². The largest absolute Gasteiger partial charge is 0.376 e. The van der Waals surface area contributed by atoms with E-state index in [1.54, 1.807) is 0 Å². The Labute approximate surface area is 123 Å². The van der Waals surface area contributed by atoms with Crippen LogP contribution in [0.25, 0.3) is 0 Å². The SMILES string of the molecule is Cc1ccc(C(CBr)COCc2ccccc2)cc1. The summed E-state index contributed by atoms with van der Waals surface area (Å²) in [4.78, 5) is 0. The highest BCUT2D eigenvalue weighted by atomic mass is 79.9. The number of halogens is 1. The molecule has 0 N–H and O–H groups in total. The van der Waals surface area contributed by atoms with E-state index < -0.39 is 0 Å². The third-order valence-electron chi connectivity index (χ3n) is 3.17. The minimum Gasteiger partial charge on any atom is -0.376 e. The first-order chi connectivity index (χ1) is 9.29. The van der Waals surface area contributed by atoms with Crippen molar-refractivity contribution in [1.82, 2.24) is 0 Å². The van der Waals surface area contributed by atoms with Crippen LogP contribution >= 0.6 is 15.9 Å². The molecular formula is C17H19BrO. The number of alkyl halides is 1. The summed E-state index contributed by atoms with van der Waals surface area (Å²) in [6, 6.07) is 19.0. The fourth-order valence-corrected chi connectivity index (χ4v) is 2.52. The van der Waals surface area contributed by atoms with E-state index in [1.807, 2.05) is 18.2 Å². The summed E-state index contributed by atoms with van der Waals surface area (Å²) in [6.45, 7) is 3.53. The number of benzene rings is 2. The average Bonchev–Trinajstić information content (AvgIpc) is 2.46. The van der Waals surface area contributed by atoms with E-state index in [4.69, 9.17) is 4.74 Å². The molecule has 1 atom stereocenters. The van der Waals surface area contributed by atoms with Crippen LogP contribution in [0.4, 0.5) is 0 Å². The fraction of sp³-hybridized carbons (Fsp3) is 0.294. The van der Waals surface area contributed by atoms with Crippen LogP contribution in [0.1, 0.15) is 22.6 Å². The number of hydrogen-bond donors (Lipinski definition) is 0. The molecule has 2 aromatic rings. The molecule has 0 amide bonds. The van der Waals surface area contributed by atoms with Gasteiger partial charge in [0.25, 0.3) is 0 Å². The van der Waals surface area contributed by atoms with Crippen molar-refractivity contribution >= 4 is 15.9 Å². The van der Waals surface area contributed by atoms with Gasteiger partial charge in [-0.3, -0.25) is 0 Å². The van der Waals surface area contributed by atoms with Gasteiger partial charge in [0.05, 0.1) is 13.2 Å². The first-order valence-electron chi connectivity index (χ1n) is 6.54. The van der Waals surface area contributed by atoms with Gasteiger partial charge in [-0.25, -0.2) is 0 Å². The third kappa shape index (κ3) is 4.48. The fourth-order valence-electron chi connectivity index (χ4n) is 1.96. The molecule has 19 heavy (non-hydrogen) atoms. The minimum atomic E-state index is 0.407. The van der Waals surface area contributed by atoms with Gasteiger partial charge in [0.15, 0.2) is 0 Å². The van der Waals surface area contributed by atoms with Crippen LogP contribution in [0.15, 0.2) is 54.6 Å². The van der Waals surface area contributed by atoms with Gasteiger partial charge in [0.2, 0.25) is 0 Å². The molecule has 0 bridgehead atoms. The molecule has 0 fully saturated rings. The van der Waals surface area contributed by atoms with Crippen LogP contribution in [0.3, 0.4) is 0 Å². The molecule has 0 spiro atoms. The molecule has 0 radical (unpaired) electrons. The van der Waals surface area contributed by atoms with Crippen molar-refractivity contribution in [2.45, 2.75) is 19.4 Å². The molecule has 0 saturated heterocycles. The second kappa shape index (κ2) is 7.46. The maximum Gasteiger partial charge on any atom is 0.0717 e. The highest BCUT2D eigenvalue weighted by Gasteiger charge is 2.10. The predicted molar refractivity (Wildman–Crippen MR) is 83.8 cm³/mol. The second-order valence-electron chi connectivity index (χ2n) is 4.76. The van der Waals surface area contributed by atoms with Crippen molar-refractivity contribution in [2.24, 2.45) is 0 Å². The van der Waals surface area contributed by atoms with Gasteiger partial charge in [-0.05, 0) is 18.1 Å². The Kier molecular flexibility index (Phi) is 5.62. The third-order valence-corrected chi connectivity index (χ3v) is 3.95. The maximum atomic E-state index is 5.83.